The number of nitrogens with one attached hydrogen (secondary N) is 2. The van der Waals surface area contributed by atoms with Crippen LogP contribution in [0.3, 0.4) is 0 Å². The van der Waals surface area contributed by atoms with Crippen LogP contribution in [0.15, 0.2) is 48.5 Å². The van der Waals surface area contributed by atoms with E-state index in [1.165, 1.54) is 0 Å². The van der Waals surface area contributed by atoms with Gasteiger partial charge in [-0.25, -0.2) is 4.79 Å². The lowest BCUT2D eigenvalue weighted by Crippen LogP contribution is -2.52. The van der Waals surface area contributed by atoms with Crippen LogP contribution in [0.5, 0.6) is 0 Å². The van der Waals surface area contributed by atoms with Crippen LogP contribution < -0.4 is 10.6 Å². The summed E-state index contributed by atoms with van der Waals surface area (Å²) in [5.74, 6) is -1.39. The summed E-state index contributed by atoms with van der Waals surface area (Å²) in [6.45, 7) is 0.650. The first-order valence-corrected chi connectivity index (χ1v) is 11.8. The van der Waals surface area contributed by atoms with Gasteiger partial charge in [0.25, 0.3) is 0 Å². The van der Waals surface area contributed by atoms with Crippen molar-refractivity contribution in [3.8, 4) is 11.1 Å². The molecule has 0 aromatic heterocycles. The Morgan fingerprint density at radius 1 is 1.00 bits per heavy atom. The molecule has 3 aliphatic rings. The second-order valence-electron chi connectivity index (χ2n) is 9.20. The molecule has 0 spiro atoms. The fourth-order valence-corrected chi connectivity index (χ4v) is 5.10. The minimum absolute atomic E-state index is 0.0381. The first-order chi connectivity index (χ1) is 16.5. The quantitative estimate of drug-likeness (QED) is 0.553. The van der Waals surface area contributed by atoms with Gasteiger partial charge in [-0.3, -0.25) is 9.59 Å². The van der Waals surface area contributed by atoms with Crippen molar-refractivity contribution in [1.82, 2.24) is 10.6 Å². The topological polar surface area (TPSA) is 114 Å². The average Bonchev–Trinajstić information content (AvgIpc) is 3.48. The van der Waals surface area contributed by atoms with Crippen molar-refractivity contribution in [2.45, 2.75) is 49.8 Å². The minimum Gasteiger partial charge on any atom is -0.481 e. The van der Waals surface area contributed by atoms with Crippen LogP contribution in [-0.4, -0.2) is 54.5 Å². The summed E-state index contributed by atoms with van der Waals surface area (Å²) in [4.78, 5) is 36.8. The molecule has 0 radical (unpaired) electrons. The van der Waals surface area contributed by atoms with E-state index in [1.807, 2.05) is 48.5 Å². The molecule has 8 nitrogen and oxygen atoms in total. The normalized spacial score (nSPS) is 21.9. The van der Waals surface area contributed by atoms with Gasteiger partial charge in [-0.2, -0.15) is 0 Å². The number of carbonyl (C=O) groups is 3. The first-order valence-electron chi connectivity index (χ1n) is 11.8. The molecule has 1 heterocycles. The third-order valence-corrected chi connectivity index (χ3v) is 6.88. The Kier molecular flexibility index (Phi) is 6.24. The van der Waals surface area contributed by atoms with E-state index >= 15 is 0 Å². The maximum Gasteiger partial charge on any atom is 0.407 e. The van der Waals surface area contributed by atoms with Crippen molar-refractivity contribution in [1.29, 1.82) is 0 Å². The Morgan fingerprint density at radius 2 is 1.65 bits per heavy atom. The zero-order valence-corrected chi connectivity index (χ0v) is 18.7. The van der Waals surface area contributed by atoms with E-state index in [2.05, 4.69) is 10.6 Å². The smallest absolute Gasteiger partial charge is 0.407 e. The molecule has 3 N–H and O–H groups in total. The maximum absolute atomic E-state index is 12.8. The molecule has 3 atom stereocenters. The maximum atomic E-state index is 12.8. The fraction of sp³-hybridized carbons (Fsp3) is 0.423. The summed E-state index contributed by atoms with van der Waals surface area (Å²) in [5, 5.41) is 14.6. The molecular formula is C26H28N2O6. The Balaban J connectivity index is 1.22. The Hall–Kier alpha value is -3.39. The van der Waals surface area contributed by atoms with Crippen LogP contribution in [0.25, 0.3) is 11.1 Å². The van der Waals surface area contributed by atoms with E-state index < -0.39 is 30.4 Å². The van der Waals surface area contributed by atoms with Crippen LogP contribution in [0, 0.1) is 5.92 Å². The van der Waals surface area contributed by atoms with Crippen LogP contribution in [0.4, 0.5) is 4.79 Å². The molecule has 34 heavy (non-hydrogen) atoms. The number of hydrogen-bond acceptors (Lipinski definition) is 5. The van der Waals surface area contributed by atoms with Crippen LogP contribution in [0.1, 0.15) is 42.7 Å². The molecule has 8 heteroatoms. The minimum atomic E-state index is -1.23. The number of benzene rings is 2. The summed E-state index contributed by atoms with van der Waals surface area (Å²) in [5.41, 5.74) is 4.37. The summed E-state index contributed by atoms with van der Waals surface area (Å²) in [6, 6.07) is 14.6. The molecule has 0 bridgehead atoms. The standard InChI is InChI=1S/C26H28N2O6/c29-23(30)13-22(25(31)27-21-11-12-33-24(21)15-9-10-15)28-26(32)34-14-20-18-7-3-1-5-16(18)17-6-2-4-8-19(17)20/h1-8,15,20-22,24H,9-14H2,(H,27,31)(H,28,32)(H,29,30). The molecular weight excluding hydrogens is 436 g/mol. The Morgan fingerprint density at radius 3 is 2.26 bits per heavy atom. The van der Waals surface area contributed by atoms with Gasteiger partial charge in [-0.05, 0) is 47.4 Å². The van der Waals surface area contributed by atoms with Gasteiger partial charge in [0.05, 0.1) is 18.6 Å². The summed E-state index contributed by atoms with van der Waals surface area (Å²) in [6.07, 6.45) is 1.45. The summed E-state index contributed by atoms with van der Waals surface area (Å²) >= 11 is 0. The number of carboxylic acids is 1. The molecule has 2 aliphatic carbocycles. The van der Waals surface area contributed by atoms with Gasteiger partial charge >= 0.3 is 12.1 Å². The largest absolute Gasteiger partial charge is 0.481 e. The highest BCUT2D eigenvalue weighted by molar-refractivity contribution is 5.89. The van der Waals surface area contributed by atoms with Crippen LogP contribution in [-0.2, 0) is 19.1 Å². The lowest BCUT2D eigenvalue weighted by molar-refractivity contribution is -0.140. The van der Waals surface area contributed by atoms with Crippen LogP contribution >= 0.6 is 0 Å². The molecule has 1 saturated carbocycles. The highest BCUT2D eigenvalue weighted by Gasteiger charge is 2.42. The van der Waals surface area contributed by atoms with Gasteiger partial charge in [-0.1, -0.05) is 48.5 Å². The number of fused-ring (bicyclic) bond motifs is 3. The van der Waals surface area contributed by atoms with Gasteiger partial charge in [0.1, 0.15) is 12.6 Å². The van der Waals surface area contributed by atoms with Gasteiger partial charge in [0.2, 0.25) is 5.91 Å². The monoisotopic (exact) mass is 464 g/mol. The molecule has 1 saturated heterocycles. The number of ether oxygens (including phenoxy) is 2. The number of carboxylic acid groups (broad SMARTS) is 1. The number of amides is 2. The summed E-state index contributed by atoms with van der Waals surface area (Å²) < 4.78 is 11.2. The molecule has 2 aromatic rings. The molecule has 2 aromatic carbocycles. The predicted octanol–water partition coefficient (Wildman–Crippen LogP) is 3.05. The highest BCUT2D eigenvalue weighted by Crippen LogP contribution is 2.44. The van der Waals surface area contributed by atoms with Crippen LogP contribution in [0.2, 0.25) is 0 Å². The average molecular weight is 465 g/mol. The van der Waals surface area contributed by atoms with E-state index in [9.17, 15) is 19.5 Å². The number of aliphatic carboxylic acids is 1. The SMILES string of the molecule is O=C(O)CC(NC(=O)OCC1c2ccccc2-c2ccccc21)C(=O)NC1CCOC1C1CC1. The van der Waals surface area contributed by atoms with Gasteiger partial charge in [0.15, 0.2) is 0 Å². The highest BCUT2D eigenvalue weighted by atomic mass is 16.5. The third-order valence-electron chi connectivity index (χ3n) is 6.88. The third kappa shape index (κ3) is 4.63. The number of rotatable bonds is 8. The van der Waals surface area contributed by atoms with E-state index in [-0.39, 0.29) is 24.7 Å². The molecule has 2 fully saturated rings. The Bertz CT molecular complexity index is 1050. The molecule has 5 rings (SSSR count). The fourth-order valence-electron chi connectivity index (χ4n) is 5.10. The lowest BCUT2D eigenvalue weighted by Gasteiger charge is -2.23. The lowest BCUT2D eigenvalue weighted by atomic mass is 9.98. The molecule has 3 unspecified atom stereocenters. The number of hydrogen-bond donors (Lipinski definition) is 3. The van der Waals surface area contributed by atoms with Crippen molar-refractivity contribution in [3.63, 3.8) is 0 Å². The molecule has 178 valence electrons. The number of carbonyl (C=O) groups excluding carboxylic acids is 2. The summed E-state index contributed by atoms with van der Waals surface area (Å²) in [7, 11) is 0. The second kappa shape index (κ2) is 9.46. The zero-order valence-electron chi connectivity index (χ0n) is 18.7. The molecule has 2 amide bonds. The van der Waals surface area contributed by atoms with E-state index in [1.54, 1.807) is 0 Å². The number of alkyl carbamates (subject to hydrolysis) is 1. The van der Waals surface area contributed by atoms with Gasteiger partial charge in [-0.15, -0.1) is 0 Å². The first kappa shape index (κ1) is 22.4. The molecule has 1 aliphatic heterocycles. The predicted molar refractivity (Wildman–Crippen MR) is 123 cm³/mol. The van der Waals surface area contributed by atoms with Crippen molar-refractivity contribution >= 4 is 18.0 Å². The van der Waals surface area contributed by atoms with Crippen molar-refractivity contribution in [2.75, 3.05) is 13.2 Å². The van der Waals surface area contributed by atoms with Gasteiger partial charge in [0, 0.05) is 12.5 Å². The van der Waals surface area contributed by atoms with Crippen molar-refractivity contribution in [3.05, 3.63) is 59.7 Å². The zero-order chi connectivity index (χ0) is 23.7. The van der Waals surface area contributed by atoms with E-state index in [4.69, 9.17) is 9.47 Å². The van der Waals surface area contributed by atoms with E-state index in [0.717, 1.165) is 35.1 Å². The van der Waals surface area contributed by atoms with E-state index in [0.29, 0.717) is 18.9 Å². The van der Waals surface area contributed by atoms with Gasteiger partial charge < -0.3 is 25.2 Å². The van der Waals surface area contributed by atoms with Crippen molar-refractivity contribution < 1.29 is 29.0 Å². The Labute approximate surface area is 197 Å². The second-order valence-corrected chi connectivity index (χ2v) is 9.20. The van der Waals surface area contributed by atoms with Crippen molar-refractivity contribution in [2.24, 2.45) is 5.92 Å².